The summed E-state index contributed by atoms with van der Waals surface area (Å²) in [4.78, 5) is 14.9. The number of carbonyl (C=O) groups excluding carboxylic acids is 1. The van der Waals surface area contributed by atoms with E-state index in [0.29, 0.717) is 5.92 Å². The molecule has 3 rings (SSSR count). The van der Waals surface area contributed by atoms with Gasteiger partial charge < -0.3 is 15.3 Å². The van der Waals surface area contributed by atoms with E-state index in [1.807, 2.05) is 24.3 Å². The van der Waals surface area contributed by atoms with Crippen molar-refractivity contribution in [2.24, 2.45) is 5.92 Å². The van der Waals surface area contributed by atoms with Crippen molar-refractivity contribution in [3.05, 3.63) is 29.8 Å². The number of aliphatic hydroxyl groups is 1. The van der Waals surface area contributed by atoms with Gasteiger partial charge >= 0.3 is 0 Å². The topological polar surface area (TPSA) is 52.6 Å². The molecule has 1 saturated heterocycles. The predicted octanol–water partition coefficient (Wildman–Crippen LogP) is 3.35. The van der Waals surface area contributed by atoms with Crippen LogP contribution in [0.3, 0.4) is 0 Å². The van der Waals surface area contributed by atoms with Crippen LogP contribution in [0.25, 0.3) is 0 Å². The quantitative estimate of drug-likeness (QED) is 0.890. The van der Waals surface area contributed by atoms with E-state index in [1.54, 1.807) is 0 Å². The molecule has 0 bridgehead atoms. The van der Waals surface area contributed by atoms with Gasteiger partial charge in [0.05, 0.1) is 6.10 Å². The minimum Gasteiger partial charge on any atom is -0.393 e. The molecule has 1 aromatic carbocycles. The van der Waals surface area contributed by atoms with Gasteiger partial charge in [0.1, 0.15) is 0 Å². The molecule has 132 valence electrons. The molecule has 2 N–H and O–H groups in total. The van der Waals surface area contributed by atoms with E-state index in [-0.39, 0.29) is 17.6 Å². The van der Waals surface area contributed by atoms with E-state index in [4.69, 9.17) is 0 Å². The van der Waals surface area contributed by atoms with Crippen molar-refractivity contribution in [2.45, 2.75) is 64.0 Å². The second kappa shape index (κ2) is 7.14. The van der Waals surface area contributed by atoms with Crippen LogP contribution in [0.15, 0.2) is 24.3 Å². The molecule has 4 heteroatoms. The Hall–Kier alpha value is -1.55. The van der Waals surface area contributed by atoms with Gasteiger partial charge in [0.25, 0.3) is 5.91 Å². The van der Waals surface area contributed by atoms with E-state index in [0.717, 1.165) is 37.2 Å². The molecule has 1 aromatic rings. The van der Waals surface area contributed by atoms with Crippen LogP contribution in [-0.4, -0.2) is 35.7 Å². The molecule has 2 aliphatic rings. The molecule has 1 amide bonds. The number of amides is 1. The van der Waals surface area contributed by atoms with Crippen molar-refractivity contribution in [3.8, 4) is 0 Å². The number of benzene rings is 1. The number of rotatable bonds is 4. The molecule has 4 nitrogen and oxygen atoms in total. The molecule has 0 aromatic heterocycles. The van der Waals surface area contributed by atoms with Gasteiger partial charge in [-0.3, -0.25) is 4.79 Å². The first-order chi connectivity index (χ1) is 11.5. The Morgan fingerprint density at radius 2 is 1.67 bits per heavy atom. The zero-order valence-electron chi connectivity index (χ0n) is 14.9. The number of hydrogen-bond donors (Lipinski definition) is 2. The summed E-state index contributed by atoms with van der Waals surface area (Å²) in [5, 5.41) is 12.8. The molecule has 1 heterocycles. The highest BCUT2D eigenvalue weighted by Gasteiger charge is 2.33. The molecular formula is C20H30N2O2. The van der Waals surface area contributed by atoms with Crippen molar-refractivity contribution in [1.29, 1.82) is 0 Å². The van der Waals surface area contributed by atoms with Crippen LogP contribution in [0.4, 0.5) is 5.69 Å². The van der Waals surface area contributed by atoms with Gasteiger partial charge in [-0.1, -0.05) is 12.8 Å². The van der Waals surface area contributed by atoms with Crippen LogP contribution in [0.5, 0.6) is 0 Å². The first-order valence-electron chi connectivity index (χ1n) is 9.31. The van der Waals surface area contributed by atoms with E-state index >= 15 is 0 Å². The number of nitrogens with one attached hydrogen (secondary N) is 1. The normalized spacial score (nSPS) is 20.4. The largest absolute Gasteiger partial charge is 0.393 e. The Kier molecular flexibility index (Phi) is 5.14. The lowest BCUT2D eigenvalue weighted by atomic mass is 9.86. The fourth-order valence-electron chi connectivity index (χ4n) is 4.06. The van der Waals surface area contributed by atoms with Crippen molar-refractivity contribution >= 4 is 11.6 Å². The second-order valence-corrected chi connectivity index (χ2v) is 7.92. The molecule has 0 unspecified atom stereocenters. The van der Waals surface area contributed by atoms with Crippen LogP contribution >= 0.6 is 0 Å². The van der Waals surface area contributed by atoms with Gasteiger partial charge in [0.2, 0.25) is 0 Å². The number of carbonyl (C=O) groups is 1. The zero-order chi connectivity index (χ0) is 17.2. The number of hydrogen-bond acceptors (Lipinski definition) is 3. The number of anilines is 1. The Morgan fingerprint density at radius 3 is 2.25 bits per heavy atom. The third-order valence-electron chi connectivity index (χ3n) is 5.77. The Morgan fingerprint density at radius 1 is 1.08 bits per heavy atom. The minimum absolute atomic E-state index is 0.0208. The van der Waals surface area contributed by atoms with E-state index in [1.165, 1.54) is 25.7 Å². The molecule has 24 heavy (non-hydrogen) atoms. The molecule has 1 aliphatic heterocycles. The first-order valence-corrected chi connectivity index (χ1v) is 9.31. The van der Waals surface area contributed by atoms with Gasteiger partial charge in [0, 0.05) is 29.9 Å². The van der Waals surface area contributed by atoms with Crippen LogP contribution in [0.1, 0.15) is 62.7 Å². The fourth-order valence-corrected chi connectivity index (χ4v) is 4.06. The molecule has 0 spiro atoms. The molecule has 0 radical (unpaired) electrons. The monoisotopic (exact) mass is 330 g/mol. The van der Waals surface area contributed by atoms with E-state index in [2.05, 4.69) is 24.1 Å². The lowest BCUT2D eigenvalue weighted by molar-refractivity contribution is 0.0881. The Labute approximate surface area is 145 Å². The Balaban J connectivity index is 1.61. The zero-order valence-corrected chi connectivity index (χ0v) is 14.9. The highest BCUT2D eigenvalue weighted by atomic mass is 16.3. The van der Waals surface area contributed by atoms with Crippen LogP contribution in [0, 0.1) is 5.92 Å². The summed E-state index contributed by atoms with van der Waals surface area (Å²) in [6.45, 7) is 6.05. The molecule has 1 saturated carbocycles. The summed E-state index contributed by atoms with van der Waals surface area (Å²) in [5.41, 5.74) is 1.71. The van der Waals surface area contributed by atoms with Gasteiger partial charge in [-0.05, 0) is 69.7 Å². The van der Waals surface area contributed by atoms with Crippen LogP contribution in [0.2, 0.25) is 0 Å². The number of aliphatic hydroxyl groups excluding tert-OH is 1. The summed E-state index contributed by atoms with van der Waals surface area (Å²) >= 11 is 0. The maximum absolute atomic E-state index is 12.6. The molecule has 1 aliphatic carbocycles. The highest BCUT2D eigenvalue weighted by Crippen LogP contribution is 2.34. The smallest absolute Gasteiger partial charge is 0.251 e. The third-order valence-corrected chi connectivity index (χ3v) is 5.77. The summed E-state index contributed by atoms with van der Waals surface area (Å²) in [6.07, 6.45) is 6.46. The van der Waals surface area contributed by atoms with Crippen LogP contribution < -0.4 is 10.2 Å². The van der Waals surface area contributed by atoms with Crippen molar-refractivity contribution < 1.29 is 9.90 Å². The first kappa shape index (κ1) is 17.3. The number of nitrogens with zero attached hydrogens (tertiary/aromatic N) is 1. The lowest BCUT2D eigenvalue weighted by Gasteiger charge is -2.33. The van der Waals surface area contributed by atoms with Crippen LogP contribution in [-0.2, 0) is 0 Å². The predicted molar refractivity (Wildman–Crippen MR) is 97.4 cm³/mol. The van der Waals surface area contributed by atoms with Gasteiger partial charge in [-0.25, -0.2) is 0 Å². The lowest BCUT2D eigenvalue weighted by Crippen LogP contribution is -2.48. The van der Waals surface area contributed by atoms with Crippen molar-refractivity contribution in [1.82, 2.24) is 5.32 Å². The summed E-state index contributed by atoms with van der Waals surface area (Å²) in [5.74, 6) is 0.605. The second-order valence-electron chi connectivity index (χ2n) is 7.92. The summed E-state index contributed by atoms with van der Waals surface area (Å²) < 4.78 is 0. The Bertz CT molecular complexity index is 554. The average molecular weight is 330 g/mol. The van der Waals surface area contributed by atoms with Gasteiger partial charge in [-0.2, -0.15) is 0 Å². The van der Waals surface area contributed by atoms with Gasteiger partial charge in [-0.15, -0.1) is 0 Å². The number of piperidine rings is 1. The summed E-state index contributed by atoms with van der Waals surface area (Å²) in [6, 6.07) is 7.88. The van der Waals surface area contributed by atoms with Gasteiger partial charge in [0.15, 0.2) is 0 Å². The standard InChI is InChI=1S/C20H30N2O2/c1-20(2,16-5-3-4-6-16)21-19(24)15-7-9-17(10-8-15)22-13-11-18(23)12-14-22/h7-10,16,18,23H,3-6,11-14H2,1-2H3,(H,21,24). The van der Waals surface area contributed by atoms with E-state index in [9.17, 15) is 9.90 Å². The van der Waals surface area contributed by atoms with Crippen molar-refractivity contribution in [3.63, 3.8) is 0 Å². The fraction of sp³-hybridized carbons (Fsp3) is 0.650. The summed E-state index contributed by atoms with van der Waals surface area (Å²) in [7, 11) is 0. The molecular weight excluding hydrogens is 300 g/mol. The highest BCUT2D eigenvalue weighted by molar-refractivity contribution is 5.95. The molecule has 2 fully saturated rings. The minimum atomic E-state index is -0.163. The SMILES string of the molecule is CC(C)(NC(=O)c1ccc(N2CCC(O)CC2)cc1)C1CCCC1. The van der Waals surface area contributed by atoms with Crippen molar-refractivity contribution in [2.75, 3.05) is 18.0 Å². The maximum atomic E-state index is 12.6. The maximum Gasteiger partial charge on any atom is 0.251 e. The molecule has 0 atom stereocenters. The average Bonchev–Trinajstić information content (AvgIpc) is 3.11. The third kappa shape index (κ3) is 3.92. The van der Waals surface area contributed by atoms with E-state index < -0.39 is 0 Å².